The highest BCUT2D eigenvalue weighted by Gasteiger charge is 2.45. The number of nitrogens with zero attached hydrogens (tertiary/aromatic N) is 1. The molecule has 2 N–H and O–H groups in total. The SMILES string of the molecule is CC(C1CC1)N(C)CCC1CCCC1(CO)NC1CC1. The first-order valence-electron chi connectivity index (χ1n) is 8.73. The van der Waals surface area contributed by atoms with E-state index in [1.807, 2.05) is 0 Å². The standard InChI is InChI=1S/C17H32N2O/c1-13(14-5-6-14)19(2)11-9-15-4-3-10-17(15,12-20)18-16-7-8-16/h13-16,18,20H,3-12H2,1-2H3. The fraction of sp³-hybridized carbons (Fsp3) is 1.00. The van der Waals surface area contributed by atoms with Crippen molar-refractivity contribution in [3.8, 4) is 0 Å². The minimum Gasteiger partial charge on any atom is -0.394 e. The predicted molar refractivity (Wildman–Crippen MR) is 82.7 cm³/mol. The molecule has 3 saturated carbocycles. The number of aliphatic hydroxyl groups excluding tert-OH is 1. The first kappa shape index (κ1) is 14.8. The number of hydrogen-bond donors (Lipinski definition) is 2. The van der Waals surface area contributed by atoms with Gasteiger partial charge in [-0.05, 0) is 77.3 Å². The van der Waals surface area contributed by atoms with E-state index < -0.39 is 0 Å². The lowest BCUT2D eigenvalue weighted by Gasteiger charge is -2.37. The van der Waals surface area contributed by atoms with Crippen LogP contribution in [0.1, 0.15) is 58.3 Å². The van der Waals surface area contributed by atoms with Gasteiger partial charge in [0.25, 0.3) is 0 Å². The first-order chi connectivity index (χ1) is 9.64. The van der Waals surface area contributed by atoms with Gasteiger partial charge in [-0.25, -0.2) is 0 Å². The number of nitrogens with one attached hydrogen (secondary N) is 1. The fourth-order valence-corrected chi connectivity index (χ4v) is 4.14. The van der Waals surface area contributed by atoms with Crippen LogP contribution in [-0.4, -0.2) is 47.8 Å². The van der Waals surface area contributed by atoms with Gasteiger partial charge in [0.2, 0.25) is 0 Å². The first-order valence-corrected chi connectivity index (χ1v) is 8.73. The van der Waals surface area contributed by atoms with Gasteiger partial charge in [0, 0.05) is 17.6 Å². The molecule has 3 atom stereocenters. The van der Waals surface area contributed by atoms with Crippen molar-refractivity contribution >= 4 is 0 Å². The molecule has 3 nitrogen and oxygen atoms in total. The molecular weight excluding hydrogens is 248 g/mol. The van der Waals surface area contributed by atoms with E-state index in [9.17, 15) is 5.11 Å². The molecule has 3 heteroatoms. The highest BCUT2D eigenvalue weighted by Crippen LogP contribution is 2.41. The lowest BCUT2D eigenvalue weighted by atomic mass is 9.85. The zero-order valence-corrected chi connectivity index (χ0v) is 13.3. The molecule has 0 amide bonds. The van der Waals surface area contributed by atoms with E-state index in [1.54, 1.807) is 0 Å². The van der Waals surface area contributed by atoms with Crippen LogP contribution in [-0.2, 0) is 0 Å². The van der Waals surface area contributed by atoms with Crippen LogP contribution in [0.15, 0.2) is 0 Å². The summed E-state index contributed by atoms with van der Waals surface area (Å²) >= 11 is 0. The van der Waals surface area contributed by atoms with Crippen molar-refractivity contribution in [2.24, 2.45) is 11.8 Å². The number of rotatable bonds is 8. The Morgan fingerprint density at radius 2 is 2.00 bits per heavy atom. The lowest BCUT2D eigenvalue weighted by molar-refractivity contribution is 0.107. The molecule has 0 saturated heterocycles. The van der Waals surface area contributed by atoms with Gasteiger partial charge in [-0.15, -0.1) is 0 Å². The van der Waals surface area contributed by atoms with Crippen molar-refractivity contribution in [2.45, 2.75) is 75.9 Å². The van der Waals surface area contributed by atoms with Crippen LogP contribution in [0, 0.1) is 11.8 Å². The molecule has 0 spiro atoms. The van der Waals surface area contributed by atoms with Crippen LogP contribution >= 0.6 is 0 Å². The van der Waals surface area contributed by atoms with E-state index in [1.165, 1.54) is 57.9 Å². The summed E-state index contributed by atoms with van der Waals surface area (Å²) < 4.78 is 0. The van der Waals surface area contributed by atoms with Crippen LogP contribution in [0.2, 0.25) is 0 Å². The van der Waals surface area contributed by atoms with Crippen LogP contribution < -0.4 is 5.32 Å². The van der Waals surface area contributed by atoms with E-state index in [0.717, 1.165) is 12.0 Å². The average Bonchev–Trinajstić information content (AvgIpc) is 3.35. The molecule has 0 heterocycles. The van der Waals surface area contributed by atoms with Gasteiger partial charge in [0.15, 0.2) is 0 Å². The summed E-state index contributed by atoms with van der Waals surface area (Å²) in [5, 5.41) is 13.7. The maximum absolute atomic E-state index is 9.96. The molecule has 0 aliphatic heterocycles. The van der Waals surface area contributed by atoms with Crippen LogP contribution in [0.5, 0.6) is 0 Å². The summed E-state index contributed by atoms with van der Waals surface area (Å²) in [6.07, 6.45) is 10.5. The molecule has 0 radical (unpaired) electrons. The van der Waals surface area contributed by atoms with Gasteiger partial charge in [0.1, 0.15) is 0 Å². The van der Waals surface area contributed by atoms with Gasteiger partial charge >= 0.3 is 0 Å². The van der Waals surface area contributed by atoms with E-state index in [0.29, 0.717) is 18.6 Å². The average molecular weight is 280 g/mol. The summed E-state index contributed by atoms with van der Waals surface area (Å²) in [5.41, 5.74) is 0.0465. The van der Waals surface area contributed by atoms with Crippen LogP contribution in [0.25, 0.3) is 0 Å². The molecule has 3 aliphatic rings. The van der Waals surface area contributed by atoms with E-state index in [-0.39, 0.29) is 5.54 Å². The molecule has 3 unspecified atom stereocenters. The summed E-state index contributed by atoms with van der Waals surface area (Å²) in [4.78, 5) is 2.55. The second-order valence-electron chi connectivity index (χ2n) is 7.67. The Morgan fingerprint density at radius 3 is 2.60 bits per heavy atom. The molecule has 20 heavy (non-hydrogen) atoms. The van der Waals surface area contributed by atoms with Gasteiger partial charge in [0.05, 0.1) is 6.61 Å². The second-order valence-corrected chi connectivity index (χ2v) is 7.67. The Labute approximate surface area is 124 Å². The van der Waals surface area contributed by atoms with Crippen molar-refractivity contribution in [3.63, 3.8) is 0 Å². The van der Waals surface area contributed by atoms with Gasteiger partial charge in [-0.2, -0.15) is 0 Å². The van der Waals surface area contributed by atoms with Crippen LogP contribution in [0.3, 0.4) is 0 Å². The number of aliphatic hydroxyl groups is 1. The highest BCUT2D eigenvalue weighted by molar-refractivity contribution is 5.03. The number of hydrogen-bond acceptors (Lipinski definition) is 3. The fourth-order valence-electron chi connectivity index (χ4n) is 4.14. The van der Waals surface area contributed by atoms with E-state index in [2.05, 4.69) is 24.2 Å². The van der Waals surface area contributed by atoms with Crippen molar-refractivity contribution in [1.29, 1.82) is 0 Å². The summed E-state index contributed by atoms with van der Waals surface area (Å²) in [6.45, 7) is 3.90. The van der Waals surface area contributed by atoms with Crippen molar-refractivity contribution < 1.29 is 5.11 Å². The molecule has 3 aliphatic carbocycles. The predicted octanol–water partition coefficient (Wildman–Crippen LogP) is 2.39. The maximum Gasteiger partial charge on any atom is 0.0616 e. The third-order valence-electron chi connectivity index (χ3n) is 6.14. The quantitative estimate of drug-likeness (QED) is 0.716. The Morgan fingerprint density at radius 1 is 1.25 bits per heavy atom. The second kappa shape index (κ2) is 5.94. The molecule has 3 fully saturated rings. The van der Waals surface area contributed by atoms with Gasteiger partial charge in [-0.3, -0.25) is 0 Å². The molecule has 0 bridgehead atoms. The largest absolute Gasteiger partial charge is 0.394 e. The smallest absolute Gasteiger partial charge is 0.0616 e. The molecule has 0 aromatic carbocycles. The molecule has 116 valence electrons. The van der Waals surface area contributed by atoms with E-state index in [4.69, 9.17) is 0 Å². The van der Waals surface area contributed by atoms with Crippen molar-refractivity contribution in [1.82, 2.24) is 10.2 Å². The molecule has 0 aromatic rings. The van der Waals surface area contributed by atoms with Crippen LogP contribution in [0.4, 0.5) is 0 Å². The molecular formula is C17H32N2O. The van der Waals surface area contributed by atoms with Crippen molar-refractivity contribution in [3.05, 3.63) is 0 Å². The Hall–Kier alpha value is -0.120. The maximum atomic E-state index is 9.96. The van der Waals surface area contributed by atoms with Crippen molar-refractivity contribution in [2.75, 3.05) is 20.2 Å². The molecule has 0 aromatic heterocycles. The zero-order valence-electron chi connectivity index (χ0n) is 13.3. The third kappa shape index (κ3) is 3.20. The van der Waals surface area contributed by atoms with Gasteiger partial charge in [-0.1, -0.05) is 6.42 Å². The third-order valence-corrected chi connectivity index (χ3v) is 6.14. The summed E-state index contributed by atoms with van der Waals surface area (Å²) in [5.74, 6) is 1.62. The monoisotopic (exact) mass is 280 g/mol. The minimum absolute atomic E-state index is 0.0465. The normalized spacial score (nSPS) is 35.7. The zero-order chi connectivity index (χ0) is 14.2. The molecule has 3 rings (SSSR count). The highest BCUT2D eigenvalue weighted by atomic mass is 16.3. The Bertz CT molecular complexity index is 327. The summed E-state index contributed by atoms with van der Waals surface area (Å²) in [6, 6.07) is 1.45. The Kier molecular flexibility index (Phi) is 4.40. The summed E-state index contributed by atoms with van der Waals surface area (Å²) in [7, 11) is 2.28. The van der Waals surface area contributed by atoms with E-state index >= 15 is 0 Å². The minimum atomic E-state index is 0.0465. The topological polar surface area (TPSA) is 35.5 Å². The lowest BCUT2D eigenvalue weighted by Crippen LogP contribution is -2.53. The van der Waals surface area contributed by atoms with Gasteiger partial charge < -0.3 is 15.3 Å². The Balaban J connectivity index is 1.51.